The standard InChI is InChI=1S/C116H69N7S2/c1-2-24-72(25-3-1)109-117-112(122-114(121-109)92-36-23-43-101-108(92)125-106-47-21-17-42-100(106)115(101)95-37-12-6-30-86(95)87-31-7-13-38-96(87)115)74-52-48-70(49-53-74)77-58-63-84-85-64-59-78(68-94(85)83-29-5-4-28-82(83)93(84)67-77)76-26-22-27-80(66-76)113-119-110(118-111(120-113)75-56-61-81(62-57-75)123-103-44-18-10-34-90(103)91-35-11-19-45-104(91)123)73-54-50-71(51-55-73)79-60-65-107-102(69-79)116(99-41-16-20-46-105(99)124-107)97-39-14-8-32-88(97)89-33-9-15-40-98(89)116/h1-69H. The molecule has 26 rings (SSSR count). The zero-order chi connectivity index (χ0) is 82.0. The van der Waals surface area contributed by atoms with Crippen LogP contribution in [-0.2, 0) is 10.8 Å². The van der Waals surface area contributed by atoms with E-state index in [9.17, 15) is 0 Å². The van der Waals surface area contributed by atoms with Crippen molar-refractivity contribution in [2.24, 2.45) is 0 Å². The number of aromatic nitrogens is 7. The molecule has 0 N–H and O–H groups in total. The first-order chi connectivity index (χ1) is 61.9. The monoisotopic (exact) mass is 1620 g/mol. The van der Waals surface area contributed by atoms with E-state index >= 15 is 0 Å². The topological polar surface area (TPSA) is 82.3 Å². The maximum Gasteiger partial charge on any atom is 0.165 e. The van der Waals surface area contributed by atoms with Gasteiger partial charge in [-0.25, -0.2) is 29.9 Å². The van der Waals surface area contributed by atoms with Gasteiger partial charge in [0.15, 0.2) is 34.9 Å². The van der Waals surface area contributed by atoms with Crippen molar-refractivity contribution in [3.05, 3.63) is 463 Å². The minimum Gasteiger partial charge on any atom is -0.309 e. The van der Waals surface area contributed by atoms with Crippen molar-refractivity contribution in [2.75, 3.05) is 0 Å². The number of fused-ring (bicyclic) bond motifs is 27. The molecule has 580 valence electrons. The number of hydrogen-bond acceptors (Lipinski definition) is 8. The van der Waals surface area contributed by atoms with Gasteiger partial charge in [0, 0.05) is 69.4 Å². The van der Waals surface area contributed by atoms with Crippen LogP contribution >= 0.6 is 23.5 Å². The van der Waals surface area contributed by atoms with Gasteiger partial charge in [-0.1, -0.05) is 363 Å². The van der Waals surface area contributed by atoms with Gasteiger partial charge < -0.3 is 4.57 Å². The second-order valence-corrected chi connectivity index (χ2v) is 35.1. The van der Waals surface area contributed by atoms with Crippen molar-refractivity contribution in [3.63, 3.8) is 0 Å². The summed E-state index contributed by atoms with van der Waals surface area (Å²) >= 11 is 3.68. The van der Waals surface area contributed by atoms with Gasteiger partial charge in [-0.3, -0.25) is 0 Å². The Hall–Kier alpha value is -15.5. The van der Waals surface area contributed by atoms with Crippen molar-refractivity contribution in [1.29, 1.82) is 0 Å². The summed E-state index contributed by atoms with van der Waals surface area (Å²) in [5.74, 6) is 3.62. The van der Waals surface area contributed by atoms with Crippen molar-refractivity contribution < 1.29 is 0 Å². The molecule has 19 aromatic carbocycles. The fraction of sp³-hybridized carbons (Fsp3) is 0.0172. The van der Waals surface area contributed by atoms with Crippen LogP contribution in [0.4, 0.5) is 0 Å². The van der Waals surface area contributed by atoms with E-state index in [1.165, 1.54) is 125 Å². The van der Waals surface area contributed by atoms with Crippen LogP contribution in [0.5, 0.6) is 0 Å². The van der Waals surface area contributed by atoms with E-state index in [0.717, 1.165) is 88.4 Å². The third-order valence-electron chi connectivity index (χ3n) is 26.5. The van der Waals surface area contributed by atoms with Gasteiger partial charge in [0.05, 0.1) is 21.9 Å². The Labute approximate surface area is 729 Å². The number of nitrogens with zero attached hydrogens (tertiary/aromatic N) is 7. The Kier molecular flexibility index (Phi) is 16.0. The number of para-hydroxylation sites is 2. The van der Waals surface area contributed by atoms with E-state index < -0.39 is 10.8 Å². The second kappa shape index (κ2) is 28.0. The van der Waals surface area contributed by atoms with Crippen molar-refractivity contribution in [1.82, 2.24) is 34.5 Å². The molecule has 0 amide bonds. The molecule has 2 aliphatic carbocycles. The van der Waals surface area contributed by atoms with Crippen LogP contribution in [0.15, 0.2) is 438 Å². The highest BCUT2D eigenvalue weighted by atomic mass is 32.2. The highest BCUT2D eigenvalue weighted by molar-refractivity contribution is 8.00. The summed E-state index contributed by atoms with van der Waals surface area (Å²) in [6.45, 7) is 0. The van der Waals surface area contributed by atoms with Gasteiger partial charge in [0.25, 0.3) is 0 Å². The molecule has 0 saturated heterocycles. The van der Waals surface area contributed by atoms with Crippen molar-refractivity contribution in [3.8, 4) is 130 Å². The molecule has 0 atom stereocenters. The van der Waals surface area contributed by atoms with E-state index in [-0.39, 0.29) is 0 Å². The fourth-order valence-corrected chi connectivity index (χ4v) is 23.4. The molecule has 7 nitrogen and oxygen atoms in total. The maximum absolute atomic E-state index is 5.46. The van der Waals surface area contributed by atoms with Crippen LogP contribution in [0.2, 0.25) is 0 Å². The van der Waals surface area contributed by atoms with Gasteiger partial charge in [-0.2, -0.15) is 0 Å². The summed E-state index contributed by atoms with van der Waals surface area (Å²) in [5, 5.41) is 9.54. The summed E-state index contributed by atoms with van der Waals surface area (Å²) in [6, 6.07) is 153. The van der Waals surface area contributed by atoms with E-state index in [0.29, 0.717) is 34.9 Å². The Balaban J connectivity index is 0.545. The largest absolute Gasteiger partial charge is 0.309 e. The van der Waals surface area contributed by atoms with Gasteiger partial charge in [0.2, 0.25) is 0 Å². The molecule has 9 heteroatoms. The van der Waals surface area contributed by atoms with Gasteiger partial charge in [-0.15, -0.1) is 0 Å². The van der Waals surface area contributed by atoms with Crippen LogP contribution < -0.4 is 0 Å². The summed E-state index contributed by atoms with van der Waals surface area (Å²) in [4.78, 5) is 37.2. The minimum atomic E-state index is -0.539. The lowest BCUT2D eigenvalue weighted by Crippen LogP contribution is -2.32. The highest BCUT2D eigenvalue weighted by Crippen LogP contribution is 2.65. The minimum absolute atomic E-state index is 0.481. The molecule has 22 aromatic rings. The number of benzene rings is 19. The van der Waals surface area contributed by atoms with Crippen LogP contribution in [0.3, 0.4) is 0 Å². The fourth-order valence-electron chi connectivity index (χ4n) is 20.9. The van der Waals surface area contributed by atoms with Gasteiger partial charge >= 0.3 is 0 Å². The summed E-state index contributed by atoms with van der Waals surface area (Å²) < 4.78 is 2.35. The van der Waals surface area contributed by atoms with Crippen LogP contribution in [0, 0.1) is 0 Å². The molecule has 125 heavy (non-hydrogen) atoms. The van der Waals surface area contributed by atoms with Crippen LogP contribution in [0.1, 0.15) is 44.5 Å². The van der Waals surface area contributed by atoms with E-state index in [2.05, 4.69) is 405 Å². The third-order valence-corrected chi connectivity index (χ3v) is 28.8. The Morgan fingerprint density at radius 3 is 1.02 bits per heavy atom. The Morgan fingerprint density at radius 1 is 0.176 bits per heavy atom. The van der Waals surface area contributed by atoms with Crippen LogP contribution in [0.25, 0.3) is 184 Å². The van der Waals surface area contributed by atoms with Gasteiger partial charge in [0.1, 0.15) is 0 Å². The van der Waals surface area contributed by atoms with Crippen molar-refractivity contribution >= 4 is 77.6 Å². The van der Waals surface area contributed by atoms with E-state index in [1.807, 2.05) is 41.7 Å². The molecule has 0 unspecified atom stereocenters. The third kappa shape index (κ3) is 10.9. The molecule has 2 aliphatic heterocycles. The Bertz CT molecular complexity index is 8140. The molecule has 4 aliphatic rings. The smallest absolute Gasteiger partial charge is 0.165 e. The average molecular weight is 1630 g/mol. The van der Waals surface area contributed by atoms with E-state index in [1.54, 1.807) is 0 Å². The maximum atomic E-state index is 5.46. The lowest BCUT2D eigenvalue weighted by Gasteiger charge is -2.40. The predicted octanol–water partition coefficient (Wildman–Crippen LogP) is 29.3. The number of hydrogen-bond donors (Lipinski definition) is 0. The first-order valence-electron chi connectivity index (χ1n) is 42.5. The average Bonchev–Trinajstić information content (AvgIpc) is 1.54. The quantitative estimate of drug-likeness (QED) is 0.125. The molecular formula is C116H69N7S2. The first-order valence-corrected chi connectivity index (χ1v) is 44.2. The number of rotatable bonds is 10. The summed E-state index contributed by atoms with van der Waals surface area (Å²) in [6.07, 6.45) is 0. The Morgan fingerprint density at radius 2 is 0.496 bits per heavy atom. The van der Waals surface area contributed by atoms with Crippen LogP contribution in [-0.4, -0.2) is 34.5 Å². The molecule has 0 bridgehead atoms. The zero-order valence-corrected chi connectivity index (χ0v) is 68.9. The normalized spacial score (nSPS) is 13.3. The SMILES string of the molecule is c1ccc(-c2nc(-c3ccc(-c4ccc5c6ccc(-c7cccc(-c8nc(-c9ccc(-c%10ccc%11c(c%10)C%10(c%12ccccc%12S%11)c%11ccccc%11-c%11ccccc%11%10)cc9)nc(-c9ccc(-n%10c%11ccccc%11c%11ccccc%11%10)cc9)n8)c7)cc6c6ccccc6c5c4)cc3)nc(-c3cccc4c3Sc3ccccc3C43c4ccccc4-c4ccccc43)n2)cc1. The predicted molar refractivity (Wildman–Crippen MR) is 512 cm³/mol. The molecular weight excluding hydrogens is 1560 g/mol. The lowest BCUT2D eigenvalue weighted by molar-refractivity contribution is 0.722. The molecule has 0 radical (unpaired) electrons. The lowest BCUT2D eigenvalue weighted by atomic mass is 9.67. The molecule has 0 saturated carbocycles. The molecule has 0 fully saturated rings. The van der Waals surface area contributed by atoms with Gasteiger partial charge in [-0.05, 0) is 211 Å². The van der Waals surface area contributed by atoms with Crippen molar-refractivity contribution in [2.45, 2.75) is 30.4 Å². The molecule has 5 heterocycles. The summed E-state index contributed by atoms with van der Waals surface area (Å²) in [5.41, 5.74) is 29.9. The second-order valence-electron chi connectivity index (χ2n) is 33.0. The highest BCUT2D eigenvalue weighted by Gasteiger charge is 2.52. The first kappa shape index (κ1) is 71.2. The zero-order valence-electron chi connectivity index (χ0n) is 67.3. The van der Waals surface area contributed by atoms with E-state index in [4.69, 9.17) is 29.9 Å². The molecule has 3 aromatic heterocycles. The molecule has 2 spiro atoms. The summed E-state index contributed by atoms with van der Waals surface area (Å²) in [7, 11) is 0.